The molecule has 1 atom stereocenters. The van der Waals surface area contributed by atoms with Crippen molar-refractivity contribution in [2.45, 2.75) is 6.10 Å². The van der Waals surface area contributed by atoms with E-state index in [1.165, 1.54) is 19.2 Å². The van der Waals surface area contributed by atoms with Gasteiger partial charge >= 0.3 is 0 Å². The molecule has 5 heteroatoms. The van der Waals surface area contributed by atoms with E-state index in [-0.39, 0.29) is 5.75 Å². The predicted molar refractivity (Wildman–Crippen MR) is 72.9 cm³/mol. The van der Waals surface area contributed by atoms with Gasteiger partial charge in [-0.25, -0.2) is 4.39 Å². The number of aliphatic hydroxyl groups is 1. The molecule has 2 rings (SSSR count). The van der Waals surface area contributed by atoms with Crippen LogP contribution in [0.5, 0.6) is 5.75 Å². The van der Waals surface area contributed by atoms with Gasteiger partial charge in [0, 0.05) is 16.3 Å². The number of methoxy groups -OCH3 is 1. The van der Waals surface area contributed by atoms with E-state index in [0.29, 0.717) is 21.8 Å². The molecule has 0 aromatic heterocycles. The molecule has 2 aromatic carbocycles. The quantitative estimate of drug-likeness (QED) is 0.850. The van der Waals surface area contributed by atoms with Gasteiger partial charge in [-0.1, -0.05) is 23.7 Å². The Morgan fingerprint density at radius 3 is 2.58 bits per heavy atom. The van der Waals surface area contributed by atoms with Crippen molar-refractivity contribution in [2.75, 3.05) is 12.8 Å². The number of ether oxygens (including phenoxy) is 1. The molecular formula is C14H13ClFNO2. The first kappa shape index (κ1) is 13.6. The van der Waals surface area contributed by atoms with E-state index in [0.717, 1.165) is 0 Å². The minimum atomic E-state index is -1.02. The van der Waals surface area contributed by atoms with E-state index in [4.69, 9.17) is 22.1 Å². The van der Waals surface area contributed by atoms with Crippen molar-refractivity contribution >= 4 is 17.3 Å². The maximum Gasteiger partial charge on any atom is 0.165 e. The molecule has 3 N–H and O–H groups in total. The molecule has 1 unspecified atom stereocenters. The molecule has 0 bridgehead atoms. The zero-order valence-electron chi connectivity index (χ0n) is 10.2. The van der Waals surface area contributed by atoms with Crippen LogP contribution < -0.4 is 10.5 Å². The smallest absolute Gasteiger partial charge is 0.165 e. The molecule has 0 spiro atoms. The second-order valence-electron chi connectivity index (χ2n) is 4.07. The van der Waals surface area contributed by atoms with Gasteiger partial charge < -0.3 is 15.6 Å². The lowest BCUT2D eigenvalue weighted by molar-refractivity contribution is 0.220. The fourth-order valence-electron chi connectivity index (χ4n) is 1.83. The fourth-order valence-corrected chi connectivity index (χ4v) is 2.01. The van der Waals surface area contributed by atoms with E-state index in [2.05, 4.69) is 0 Å². The Morgan fingerprint density at radius 1 is 1.26 bits per heavy atom. The van der Waals surface area contributed by atoms with Crippen molar-refractivity contribution in [1.29, 1.82) is 0 Å². The Hall–Kier alpha value is -1.78. The van der Waals surface area contributed by atoms with Gasteiger partial charge in [0.1, 0.15) is 6.10 Å². The van der Waals surface area contributed by atoms with Crippen LogP contribution in [0, 0.1) is 5.82 Å². The number of hydrogen-bond acceptors (Lipinski definition) is 3. The maximum atomic E-state index is 13.6. The number of anilines is 1. The van der Waals surface area contributed by atoms with E-state index in [1.807, 2.05) is 0 Å². The zero-order chi connectivity index (χ0) is 14.0. The summed E-state index contributed by atoms with van der Waals surface area (Å²) >= 11 is 5.79. The summed E-state index contributed by atoms with van der Waals surface area (Å²) in [5.41, 5.74) is 7.02. The zero-order valence-corrected chi connectivity index (χ0v) is 11.0. The first-order valence-corrected chi connectivity index (χ1v) is 5.97. The molecule has 2 aromatic rings. The summed E-state index contributed by atoms with van der Waals surface area (Å²) < 4.78 is 18.4. The summed E-state index contributed by atoms with van der Waals surface area (Å²) in [7, 11) is 1.38. The minimum Gasteiger partial charge on any atom is -0.494 e. The Bertz CT molecular complexity index is 604. The largest absolute Gasteiger partial charge is 0.494 e. The van der Waals surface area contributed by atoms with Crippen LogP contribution in [-0.4, -0.2) is 12.2 Å². The normalized spacial score (nSPS) is 12.2. The number of hydrogen-bond donors (Lipinski definition) is 2. The van der Waals surface area contributed by atoms with Gasteiger partial charge in [0.25, 0.3) is 0 Å². The lowest BCUT2D eigenvalue weighted by Gasteiger charge is -2.15. The Kier molecular flexibility index (Phi) is 3.93. The average molecular weight is 282 g/mol. The summed E-state index contributed by atoms with van der Waals surface area (Å²) in [6.45, 7) is 0. The van der Waals surface area contributed by atoms with Crippen LogP contribution in [0.25, 0.3) is 0 Å². The van der Waals surface area contributed by atoms with Gasteiger partial charge in [0.2, 0.25) is 0 Å². The summed E-state index contributed by atoms with van der Waals surface area (Å²) in [5.74, 6) is -0.411. The van der Waals surface area contributed by atoms with Crippen molar-refractivity contribution < 1.29 is 14.2 Å². The van der Waals surface area contributed by atoms with Gasteiger partial charge in [-0.3, -0.25) is 0 Å². The van der Waals surface area contributed by atoms with Crippen molar-refractivity contribution in [3.63, 3.8) is 0 Å². The number of aliphatic hydroxyl groups excluding tert-OH is 1. The summed E-state index contributed by atoms with van der Waals surface area (Å²) in [4.78, 5) is 0. The Labute approximate surface area is 115 Å². The van der Waals surface area contributed by atoms with E-state index in [1.54, 1.807) is 24.3 Å². The highest BCUT2D eigenvalue weighted by Gasteiger charge is 2.15. The molecule has 100 valence electrons. The fraction of sp³-hybridized carbons (Fsp3) is 0.143. The number of nitrogen functional groups attached to an aromatic ring is 1. The molecule has 3 nitrogen and oxygen atoms in total. The van der Waals surface area contributed by atoms with Crippen molar-refractivity contribution in [1.82, 2.24) is 0 Å². The third kappa shape index (κ3) is 2.80. The van der Waals surface area contributed by atoms with Gasteiger partial charge in [0.15, 0.2) is 11.6 Å². The molecular weight excluding hydrogens is 269 g/mol. The second-order valence-corrected chi connectivity index (χ2v) is 4.51. The monoisotopic (exact) mass is 281 g/mol. The molecule has 19 heavy (non-hydrogen) atoms. The highest BCUT2D eigenvalue weighted by Crippen LogP contribution is 2.30. The summed E-state index contributed by atoms with van der Waals surface area (Å²) in [6, 6.07) is 9.04. The second kappa shape index (κ2) is 5.47. The summed E-state index contributed by atoms with van der Waals surface area (Å²) in [5, 5.41) is 10.7. The first-order chi connectivity index (χ1) is 9.02. The van der Waals surface area contributed by atoms with Crippen molar-refractivity contribution in [3.8, 4) is 5.75 Å². The van der Waals surface area contributed by atoms with Gasteiger partial charge in [-0.05, 0) is 29.8 Å². The average Bonchev–Trinajstić information content (AvgIpc) is 2.38. The molecule has 0 aliphatic carbocycles. The van der Waals surface area contributed by atoms with Gasteiger partial charge in [-0.15, -0.1) is 0 Å². The van der Waals surface area contributed by atoms with Crippen molar-refractivity contribution in [2.24, 2.45) is 0 Å². The number of rotatable bonds is 3. The van der Waals surface area contributed by atoms with E-state index < -0.39 is 11.9 Å². The minimum absolute atomic E-state index is 0.125. The van der Waals surface area contributed by atoms with Crippen LogP contribution >= 0.6 is 11.6 Å². The SMILES string of the molecule is COc1ccc(C(O)c2ccc(Cl)cc2N)cc1F. The standard InChI is InChI=1S/C14H13ClFNO2/c1-19-13-5-2-8(6-11(13)16)14(18)10-4-3-9(15)7-12(10)17/h2-7,14,18H,17H2,1H3. The van der Waals surface area contributed by atoms with E-state index in [9.17, 15) is 9.50 Å². The number of nitrogens with two attached hydrogens (primary N) is 1. The predicted octanol–water partition coefficient (Wildman–Crippen LogP) is 3.15. The molecule has 0 amide bonds. The summed E-state index contributed by atoms with van der Waals surface area (Å²) in [6.07, 6.45) is -1.02. The molecule has 0 saturated heterocycles. The molecule has 0 heterocycles. The van der Waals surface area contributed by atoms with Crippen LogP contribution in [0.2, 0.25) is 5.02 Å². The van der Waals surface area contributed by atoms with Gasteiger partial charge in [0.05, 0.1) is 7.11 Å². The van der Waals surface area contributed by atoms with Crippen molar-refractivity contribution in [3.05, 3.63) is 58.4 Å². The molecule has 0 fully saturated rings. The number of halogens is 2. The van der Waals surface area contributed by atoms with Gasteiger partial charge in [-0.2, -0.15) is 0 Å². The van der Waals surface area contributed by atoms with Crippen LogP contribution in [0.4, 0.5) is 10.1 Å². The van der Waals surface area contributed by atoms with Crippen LogP contribution in [0.15, 0.2) is 36.4 Å². The highest BCUT2D eigenvalue weighted by molar-refractivity contribution is 6.30. The molecule has 0 aliphatic rings. The molecule has 0 saturated carbocycles. The Balaban J connectivity index is 2.38. The third-order valence-corrected chi connectivity index (χ3v) is 3.07. The van der Waals surface area contributed by atoms with E-state index >= 15 is 0 Å². The lowest BCUT2D eigenvalue weighted by Crippen LogP contribution is -2.04. The van der Waals surface area contributed by atoms with Crippen LogP contribution in [0.3, 0.4) is 0 Å². The first-order valence-electron chi connectivity index (χ1n) is 5.59. The van der Waals surface area contributed by atoms with Crippen LogP contribution in [-0.2, 0) is 0 Å². The number of benzene rings is 2. The highest BCUT2D eigenvalue weighted by atomic mass is 35.5. The Morgan fingerprint density at radius 2 is 2.00 bits per heavy atom. The molecule has 0 radical (unpaired) electrons. The topological polar surface area (TPSA) is 55.5 Å². The molecule has 0 aliphatic heterocycles. The lowest BCUT2D eigenvalue weighted by atomic mass is 10.00. The third-order valence-electron chi connectivity index (χ3n) is 2.84. The maximum absolute atomic E-state index is 13.6. The van der Waals surface area contributed by atoms with Crippen LogP contribution in [0.1, 0.15) is 17.2 Å².